The highest BCUT2D eigenvalue weighted by atomic mass is 19.1. The molecule has 0 radical (unpaired) electrons. The zero-order valence-corrected chi connectivity index (χ0v) is 11.8. The summed E-state index contributed by atoms with van der Waals surface area (Å²) in [6.07, 6.45) is 6.96. The van der Waals surface area contributed by atoms with E-state index in [9.17, 15) is 9.18 Å². The molecule has 0 unspecified atom stereocenters. The van der Waals surface area contributed by atoms with Gasteiger partial charge in [-0.3, -0.25) is 4.79 Å². The van der Waals surface area contributed by atoms with Gasteiger partial charge < -0.3 is 10.6 Å². The van der Waals surface area contributed by atoms with Gasteiger partial charge in [-0.05, 0) is 37.0 Å². The Bertz CT molecular complexity index is 413. The first-order valence-corrected chi connectivity index (χ1v) is 7.48. The van der Waals surface area contributed by atoms with Gasteiger partial charge in [0.05, 0.1) is 6.54 Å². The zero-order chi connectivity index (χ0) is 14.2. The molecule has 1 saturated carbocycles. The molecule has 0 heterocycles. The highest BCUT2D eigenvalue weighted by molar-refractivity contribution is 5.78. The van der Waals surface area contributed by atoms with Gasteiger partial charge in [0.2, 0.25) is 5.91 Å². The van der Waals surface area contributed by atoms with E-state index in [-0.39, 0.29) is 11.7 Å². The average Bonchev–Trinajstić information content (AvgIpc) is 2.48. The van der Waals surface area contributed by atoms with Crippen LogP contribution in [0.5, 0.6) is 0 Å². The van der Waals surface area contributed by atoms with Crippen LogP contribution in [-0.4, -0.2) is 25.0 Å². The Morgan fingerprint density at radius 2 is 1.85 bits per heavy atom. The summed E-state index contributed by atoms with van der Waals surface area (Å²) in [6.45, 7) is 0.991. The molecule has 0 spiro atoms. The van der Waals surface area contributed by atoms with Crippen molar-refractivity contribution in [1.29, 1.82) is 0 Å². The summed E-state index contributed by atoms with van der Waals surface area (Å²) in [5.41, 5.74) is 1.03. The zero-order valence-electron chi connectivity index (χ0n) is 11.8. The van der Waals surface area contributed by atoms with E-state index in [2.05, 4.69) is 10.6 Å². The molecule has 2 rings (SSSR count). The maximum atomic E-state index is 12.7. The molecule has 0 aromatic heterocycles. The molecule has 1 aliphatic rings. The lowest BCUT2D eigenvalue weighted by Crippen LogP contribution is -2.40. The molecule has 1 amide bonds. The van der Waals surface area contributed by atoms with Gasteiger partial charge in [-0.25, -0.2) is 4.39 Å². The van der Waals surface area contributed by atoms with Gasteiger partial charge in [-0.1, -0.05) is 31.4 Å². The maximum absolute atomic E-state index is 12.7. The molecule has 0 atom stereocenters. The minimum absolute atomic E-state index is 0.0395. The maximum Gasteiger partial charge on any atom is 0.233 e. The molecule has 1 fully saturated rings. The fourth-order valence-corrected chi connectivity index (χ4v) is 2.60. The summed E-state index contributed by atoms with van der Waals surface area (Å²) < 4.78 is 12.7. The van der Waals surface area contributed by atoms with E-state index < -0.39 is 0 Å². The molecule has 2 N–H and O–H groups in total. The second-order valence-corrected chi connectivity index (χ2v) is 5.44. The van der Waals surface area contributed by atoms with Crippen LogP contribution in [0.15, 0.2) is 24.3 Å². The second kappa shape index (κ2) is 8.00. The molecule has 1 aromatic carbocycles. The Morgan fingerprint density at radius 1 is 1.15 bits per heavy atom. The number of hydrogen-bond donors (Lipinski definition) is 2. The van der Waals surface area contributed by atoms with Crippen LogP contribution in [0.3, 0.4) is 0 Å². The summed E-state index contributed by atoms with van der Waals surface area (Å²) in [4.78, 5) is 11.7. The number of carbonyl (C=O) groups excluding carboxylic acids is 1. The van der Waals surface area contributed by atoms with Crippen LogP contribution in [0.4, 0.5) is 4.39 Å². The molecule has 0 aliphatic heterocycles. The van der Waals surface area contributed by atoms with Crippen molar-refractivity contribution < 1.29 is 9.18 Å². The van der Waals surface area contributed by atoms with Gasteiger partial charge in [-0.2, -0.15) is 0 Å². The number of hydrogen-bond acceptors (Lipinski definition) is 2. The summed E-state index contributed by atoms with van der Waals surface area (Å²) in [7, 11) is 0. The van der Waals surface area contributed by atoms with Crippen molar-refractivity contribution in [1.82, 2.24) is 10.6 Å². The number of nitrogens with one attached hydrogen (secondary N) is 2. The fourth-order valence-electron chi connectivity index (χ4n) is 2.60. The standard InChI is InChI=1S/C16H23FN2O/c17-14-8-6-13(7-9-14)10-11-18-16(20)12-19-15-4-2-1-3-5-15/h6-9,15,19H,1-5,10-12H2,(H,18,20). The lowest BCUT2D eigenvalue weighted by molar-refractivity contribution is -0.120. The third-order valence-electron chi connectivity index (χ3n) is 3.81. The van der Waals surface area contributed by atoms with Gasteiger partial charge in [0.1, 0.15) is 5.82 Å². The smallest absolute Gasteiger partial charge is 0.233 e. The van der Waals surface area contributed by atoms with E-state index in [0.717, 1.165) is 12.0 Å². The van der Waals surface area contributed by atoms with Crippen molar-refractivity contribution in [2.24, 2.45) is 0 Å². The van der Waals surface area contributed by atoms with Gasteiger partial charge in [-0.15, -0.1) is 0 Å². The third-order valence-corrected chi connectivity index (χ3v) is 3.81. The first kappa shape index (κ1) is 15.0. The lowest BCUT2D eigenvalue weighted by Gasteiger charge is -2.22. The van der Waals surface area contributed by atoms with Crippen molar-refractivity contribution in [3.8, 4) is 0 Å². The van der Waals surface area contributed by atoms with Crippen molar-refractivity contribution in [2.75, 3.05) is 13.1 Å². The average molecular weight is 278 g/mol. The normalized spacial score (nSPS) is 16.1. The number of halogens is 1. The van der Waals surface area contributed by atoms with Gasteiger partial charge >= 0.3 is 0 Å². The number of carbonyl (C=O) groups is 1. The van der Waals surface area contributed by atoms with E-state index in [1.165, 1.54) is 44.2 Å². The fraction of sp³-hybridized carbons (Fsp3) is 0.562. The second-order valence-electron chi connectivity index (χ2n) is 5.44. The van der Waals surface area contributed by atoms with E-state index >= 15 is 0 Å². The molecule has 1 aromatic rings. The highest BCUT2D eigenvalue weighted by Crippen LogP contribution is 2.16. The predicted molar refractivity (Wildman–Crippen MR) is 78.0 cm³/mol. The SMILES string of the molecule is O=C(CNC1CCCCC1)NCCc1ccc(F)cc1. The van der Waals surface area contributed by atoms with Crippen LogP contribution in [-0.2, 0) is 11.2 Å². The largest absolute Gasteiger partial charge is 0.355 e. The summed E-state index contributed by atoms with van der Waals surface area (Å²) in [5.74, 6) is -0.188. The molecule has 1 aliphatic carbocycles. The Kier molecular flexibility index (Phi) is 5.99. The van der Waals surface area contributed by atoms with Crippen LogP contribution < -0.4 is 10.6 Å². The van der Waals surface area contributed by atoms with Crippen molar-refractivity contribution in [3.63, 3.8) is 0 Å². The highest BCUT2D eigenvalue weighted by Gasteiger charge is 2.13. The predicted octanol–water partition coefficient (Wildman–Crippen LogP) is 2.41. The van der Waals surface area contributed by atoms with E-state index in [1.807, 2.05) is 0 Å². The topological polar surface area (TPSA) is 41.1 Å². The van der Waals surface area contributed by atoms with Gasteiger partial charge in [0.15, 0.2) is 0 Å². The number of rotatable bonds is 6. The van der Waals surface area contributed by atoms with Crippen LogP contribution in [0.1, 0.15) is 37.7 Å². The van der Waals surface area contributed by atoms with Gasteiger partial charge in [0.25, 0.3) is 0 Å². The molecule has 0 saturated heterocycles. The minimum atomic E-state index is -0.227. The molecular formula is C16H23FN2O. The summed E-state index contributed by atoms with van der Waals surface area (Å²) >= 11 is 0. The number of amides is 1. The molecule has 4 heteroatoms. The molecule has 110 valence electrons. The Morgan fingerprint density at radius 3 is 2.55 bits per heavy atom. The summed E-state index contributed by atoms with van der Waals surface area (Å²) in [6, 6.07) is 6.90. The van der Waals surface area contributed by atoms with Crippen LogP contribution >= 0.6 is 0 Å². The van der Waals surface area contributed by atoms with Crippen molar-refractivity contribution in [2.45, 2.75) is 44.6 Å². The van der Waals surface area contributed by atoms with E-state index in [0.29, 0.717) is 19.1 Å². The Labute approximate surface area is 120 Å². The first-order chi connectivity index (χ1) is 9.74. The van der Waals surface area contributed by atoms with Crippen molar-refractivity contribution >= 4 is 5.91 Å². The quantitative estimate of drug-likeness (QED) is 0.839. The monoisotopic (exact) mass is 278 g/mol. The van der Waals surface area contributed by atoms with Crippen molar-refractivity contribution in [3.05, 3.63) is 35.6 Å². The Hall–Kier alpha value is -1.42. The lowest BCUT2D eigenvalue weighted by atomic mass is 9.95. The third kappa shape index (κ3) is 5.29. The summed E-state index contributed by atoms with van der Waals surface area (Å²) in [5, 5.41) is 6.21. The molecule has 20 heavy (non-hydrogen) atoms. The molecule has 0 bridgehead atoms. The first-order valence-electron chi connectivity index (χ1n) is 7.48. The minimum Gasteiger partial charge on any atom is -0.355 e. The number of benzene rings is 1. The van der Waals surface area contributed by atoms with E-state index in [4.69, 9.17) is 0 Å². The Balaban J connectivity index is 1.58. The van der Waals surface area contributed by atoms with Gasteiger partial charge in [0, 0.05) is 12.6 Å². The van der Waals surface area contributed by atoms with E-state index in [1.54, 1.807) is 12.1 Å². The van der Waals surface area contributed by atoms with Crippen LogP contribution in [0.25, 0.3) is 0 Å². The molecule has 3 nitrogen and oxygen atoms in total. The molecular weight excluding hydrogens is 255 g/mol. The van der Waals surface area contributed by atoms with Crippen LogP contribution in [0, 0.1) is 5.82 Å². The van der Waals surface area contributed by atoms with Crippen LogP contribution in [0.2, 0.25) is 0 Å².